The molecule has 1 heterocycles. The van der Waals surface area contributed by atoms with Crippen molar-refractivity contribution >= 4 is 11.6 Å². The van der Waals surface area contributed by atoms with Crippen LogP contribution in [0.4, 0.5) is 11.6 Å². The third kappa shape index (κ3) is 2.25. The van der Waals surface area contributed by atoms with Crippen LogP contribution in [0.1, 0.15) is 16.7 Å². The molecule has 98 valence electrons. The standard InChI is InChI=1S/C14H17N5/c1-9-5-10(2)7-11(6-9)19-13(16)12(8-15)14(17-19)18(3)4/h5-7H,16H2,1-4H3. The lowest BCUT2D eigenvalue weighted by Crippen LogP contribution is -2.11. The summed E-state index contributed by atoms with van der Waals surface area (Å²) < 4.78 is 1.62. The fraction of sp³-hybridized carbons (Fsp3) is 0.286. The van der Waals surface area contributed by atoms with Crippen LogP contribution in [-0.4, -0.2) is 23.9 Å². The molecular weight excluding hydrogens is 238 g/mol. The molecular formula is C14H17N5. The van der Waals surface area contributed by atoms with Crippen LogP contribution < -0.4 is 10.6 Å². The SMILES string of the molecule is Cc1cc(C)cc(-n2nc(N(C)C)c(C#N)c2N)c1. The summed E-state index contributed by atoms with van der Waals surface area (Å²) in [4.78, 5) is 1.79. The first-order valence-electron chi connectivity index (χ1n) is 5.98. The first-order chi connectivity index (χ1) is 8.93. The van der Waals surface area contributed by atoms with Crippen molar-refractivity contribution in [3.05, 3.63) is 34.9 Å². The van der Waals surface area contributed by atoms with Gasteiger partial charge in [0.05, 0.1) is 5.69 Å². The molecule has 1 aromatic carbocycles. The monoisotopic (exact) mass is 255 g/mol. The van der Waals surface area contributed by atoms with E-state index in [1.165, 1.54) is 0 Å². The lowest BCUT2D eigenvalue weighted by Gasteiger charge is -2.08. The average molecular weight is 255 g/mol. The Morgan fingerprint density at radius 2 is 1.79 bits per heavy atom. The maximum atomic E-state index is 9.21. The van der Waals surface area contributed by atoms with Crippen molar-refractivity contribution in [2.45, 2.75) is 13.8 Å². The summed E-state index contributed by atoms with van der Waals surface area (Å²) in [6.45, 7) is 4.04. The molecule has 5 heteroatoms. The molecule has 2 N–H and O–H groups in total. The van der Waals surface area contributed by atoms with Crippen LogP contribution >= 0.6 is 0 Å². The van der Waals surface area contributed by atoms with Crippen LogP contribution in [0.3, 0.4) is 0 Å². The Bertz CT molecular complexity index is 641. The molecule has 0 saturated carbocycles. The molecule has 0 atom stereocenters. The Labute approximate surface area is 112 Å². The molecule has 0 aliphatic carbocycles. The van der Waals surface area contributed by atoms with Gasteiger partial charge in [0.1, 0.15) is 17.5 Å². The summed E-state index contributed by atoms with van der Waals surface area (Å²) in [5.41, 5.74) is 9.59. The number of hydrogen-bond acceptors (Lipinski definition) is 4. The van der Waals surface area contributed by atoms with Crippen LogP contribution in [0, 0.1) is 25.2 Å². The van der Waals surface area contributed by atoms with E-state index in [1.807, 2.05) is 40.1 Å². The topological polar surface area (TPSA) is 70.9 Å². The molecule has 19 heavy (non-hydrogen) atoms. The van der Waals surface area contributed by atoms with Crippen molar-refractivity contribution in [3.63, 3.8) is 0 Å². The fourth-order valence-electron chi connectivity index (χ4n) is 2.11. The minimum atomic E-state index is 0.371. The van der Waals surface area contributed by atoms with Gasteiger partial charge in [-0.3, -0.25) is 0 Å². The molecule has 5 nitrogen and oxygen atoms in total. The second kappa shape index (κ2) is 4.65. The van der Waals surface area contributed by atoms with E-state index in [-0.39, 0.29) is 0 Å². The zero-order valence-electron chi connectivity index (χ0n) is 11.6. The first kappa shape index (κ1) is 13.0. The highest BCUT2D eigenvalue weighted by Crippen LogP contribution is 2.26. The summed E-state index contributed by atoms with van der Waals surface area (Å²) in [6, 6.07) is 8.19. The molecule has 0 amide bonds. The predicted molar refractivity (Wildman–Crippen MR) is 76.5 cm³/mol. The molecule has 0 saturated heterocycles. The maximum Gasteiger partial charge on any atom is 0.170 e. The molecule has 0 radical (unpaired) electrons. The van der Waals surface area contributed by atoms with Gasteiger partial charge in [0, 0.05) is 14.1 Å². The lowest BCUT2D eigenvalue weighted by atomic mass is 10.1. The predicted octanol–water partition coefficient (Wildman–Crippen LogP) is 2.01. The Hall–Kier alpha value is -2.48. The molecule has 0 aliphatic heterocycles. The molecule has 0 fully saturated rings. The summed E-state index contributed by atoms with van der Waals surface area (Å²) in [5.74, 6) is 0.954. The van der Waals surface area contributed by atoms with Crippen LogP contribution in [-0.2, 0) is 0 Å². The Morgan fingerprint density at radius 1 is 1.21 bits per heavy atom. The molecule has 2 rings (SSSR count). The number of anilines is 2. The number of hydrogen-bond donors (Lipinski definition) is 1. The molecule has 0 unspecified atom stereocenters. The molecule has 1 aromatic heterocycles. The van der Waals surface area contributed by atoms with Crippen LogP contribution in [0.2, 0.25) is 0 Å². The van der Waals surface area contributed by atoms with E-state index in [0.29, 0.717) is 17.2 Å². The summed E-state index contributed by atoms with van der Waals surface area (Å²) >= 11 is 0. The summed E-state index contributed by atoms with van der Waals surface area (Å²) in [5, 5.41) is 13.6. The van der Waals surface area contributed by atoms with Crippen LogP contribution in [0.5, 0.6) is 0 Å². The number of aryl methyl sites for hydroxylation is 2. The van der Waals surface area contributed by atoms with E-state index in [1.54, 1.807) is 9.58 Å². The van der Waals surface area contributed by atoms with Crippen LogP contribution in [0.15, 0.2) is 18.2 Å². The smallest absolute Gasteiger partial charge is 0.170 e. The number of nitrogens with two attached hydrogens (primary N) is 1. The largest absolute Gasteiger partial charge is 0.382 e. The molecule has 2 aromatic rings. The summed E-state index contributed by atoms with van der Waals surface area (Å²) in [7, 11) is 3.68. The molecule has 0 bridgehead atoms. The first-order valence-corrected chi connectivity index (χ1v) is 5.98. The molecule has 0 aliphatic rings. The Kier molecular flexibility index (Phi) is 3.17. The van der Waals surface area contributed by atoms with Crippen molar-refractivity contribution in [3.8, 4) is 11.8 Å². The van der Waals surface area contributed by atoms with E-state index in [4.69, 9.17) is 5.73 Å². The highest BCUT2D eigenvalue weighted by atomic mass is 15.4. The third-order valence-corrected chi connectivity index (χ3v) is 2.89. The van der Waals surface area contributed by atoms with Gasteiger partial charge in [-0.2, -0.15) is 5.26 Å². The van der Waals surface area contributed by atoms with Gasteiger partial charge >= 0.3 is 0 Å². The van der Waals surface area contributed by atoms with Crippen molar-refractivity contribution in [2.75, 3.05) is 24.7 Å². The fourth-order valence-corrected chi connectivity index (χ4v) is 2.11. The highest BCUT2D eigenvalue weighted by Gasteiger charge is 2.18. The number of benzene rings is 1. The van der Waals surface area contributed by atoms with Crippen molar-refractivity contribution < 1.29 is 0 Å². The normalized spacial score (nSPS) is 10.3. The zero-order valence-corrected chi connectivity index (χ0v) is 11.6. The quantitative estimate of drug-likeness (QED) is 0.891. The van der Waals surface area contributed by atoms with Gasteiger partial charge in [-0.05, 0) is 37.1 Å². The van der Waals surface area contributed by atoms with E-state index < -0.39 is 0 Å². The van der Waals surface area contributed by atoms with Gasteiger partial charge in [0.15, 0.2) is 5.82 Å². The molecule has 0 spiro atoms. The van der Waals surface area contributed by atoms with Gasteiger partial charge in [-0.15, -0.1) is 5.10 Å². The zero-order chi connectivity index (χ0) is 14.2. The maximum absolute atomic E-state index is 9.21. The number of aromatic nitrogens is 2. The van der Waals surface area contributed by atoms with Gasteiger partial charge in [-0.25, -0.2) is 4.68 Å². The van der Waals surface area contributed by atoms with Gasteiger partial charge in [0.2, 0.25) is 0 Å². The number of rotatable bonds is 2. The minimum Gasteiger partial charge on any atom is -0.382 e. The Balaban J connectivity index is 2.67. The average Bonchev–Trinajstić information content (AvgIpc) is 2.65. The van der Waals surface area contributed by atoms with E-state index >= 15 is 0 Å². The number of nitrogen functional groups attached to an aromatic ring is 1. The van der Waals surface area contributed by atoms with Gasteiger partial charge < -0.3 is 10.6 Å². The van der Waals surface area contributed by atoms with Crippen LogP contribution in [0.25, 0.3) is 5.69 Å². The second-order valence-electron chi connectivity index (χ2n) is 4.85. The van der Waals surface area contributed by atoms with E-state index in [2.05, 4.69) is 17.2 Å². The van der Waals surface area contributed by atoms with Gasteiger partial charge in [0.25, 0.3) is 0 Å². The van der Waals surface area contributed by atoms with Crippen molar-refractivity contribution in [2.24, 2.45) is 0 Å². The Morgan fingerprint density at radius 3 is 2.21 bits per heavy atom. The number of nitrogens with zero attached hydrogens (tertiary/aromatic N) is 4. The van der Waals surface area contributed by atoms with Crippen molar-refractivity contribution in [1.82, 2.24) is 9.78 Å². The van der Waals surface area contributed by atoms with Crippen molar-refractivity contribution in [1.29, 1.82) is 5.26 Å². The van der Waals surface area contributed by atoms with E-state index in [9.17, 15) is 5.26 Å². The van der Waals surface area contributed by atoms with Gasteiger partial charge in [-0.1, -0.05) is 6.07 Å². The summed E-state index contributed by atoms with van der Waals surface area (Å²) in [6.07, 6.45) is 0. The lowest BCUT2D eigenvalue weighted by molar-refractivity contribution is 0.872. The highest BCUT2D eigenvalue weighted by molar-refractivity contribution is 5.66. The minimum absolute atomic E-state index is 0.371. The third-order valence-electron chi connectivity index (χ3n) is 2.89. The second-order valence-corrected chi connectivity index (χ2v) is 4.85. The number of nitriles is 1. The van der Waals surface area contributed by atoms with E-state index in [0.717, 1.165) is 16.8 Å².